The maximum absolute atomic E-state index is 14.3. The lowest BCUT2D eigenvalue weighted by Gasteiger charge is -2.34. The van der Waals surface area contributed by atoms with Crippen molar-refractivity contribution in [1.29, 1.82) is 0 Å². The number of nitrogens with one attached hydrogen (secondary N) is 2. The van der Waals surface area contributed by atoms with Gasteiger partial charge in [0.25, 0.3) is 5.91 Å². The Bertz CT molecular complexity index is 1570. The zero-order chi connectivity index (χ0) is 31.3. The van der Waals surface area contributed by atoms with Gasteiger partial charge in [-0.3, -0.25) is 19.4 Å². The van der Waals surface area contributed by atoms with E-state index in [-0.39, 0.29) is 37.0 Å². The highest BCUT2D eigenvalue weighted by molar-refractivity contribution is 6.30. The number of carbonyl (C=O) groups excluding carboxylic acids is 3. The van der Waals surface area contributed by atoms with Crippen LogP contribution in [0.1, 0.15) is 35.6 Å². The van der Waals surface area contributed by atoms with Crippen molar-refractivity contribution in [2.45, 2.75) is 43.9 Å². The minimum absolute atomic E-state index is 0.0189. The molecule has 6 rings (SSSR count). The summed E-state index contributed by atoms with van der Waals surface area (Å²) in [6, 6.07) is 25.6. The number of rotatable bonds is 10. The fourth-order valence-corrected chi connectivity index (χ4v) is 6.67. The van der Waals surface area contributed by atoms with Crippen LogP contribution in [0.4, 0.5) is 4.79 Å². The van der Waals surface area contributed by atoms with E-state index in [1.54, 1.807) is 28.0 Å². The van der Waals surface area contributed by atoms with Gasteiger partial charge in [0.15, 0.2) is 0 Å². The standard InChI is InChI=1S/C36H38ClN5O3/c1-2-19-41-31-24-42(35(44)32(31)33(39-36(41)45)27-13-15-28(37)16-14-27)30(22-25-9-5-3-6-10-25)34(43)38-29-17-20-40(21-18-29)23-26-11-7-4-8-12-26/h2-16,29-30,33H,1,17-24H2,(H,38,43)(H,39,45). The number of amides is 4. The predicted octanol–water partition coefficient (Wildman–Crippen LogP) is 5.08. The maximum Gasteiger partial charge on any atom is 0.322 e. The molecule has 0 aromatic heterocycles. The van der Waals surface area contributed by atoms with E-state index in [2.05, 4.69) is 46.4 Å². The zero-order valence-corrected chi connectivity index (χ0v) is 26.0. The van der Waals surface area contributed by atoms with E-state index in [0.717, 1.165) is 43.6 Å². The maximum atomic E-state index is 14.3. The summed E-state index contributed by atoms with van der Waals surface area (Å²) in [5.74, 6) is -0.432. The van der Waals surface area contributed by atoms with Crippen LogP contribution in [0, 0.1) is 0 Å². The zero-order valence-electron chi connectivity index (χ0n) is 25.2. The van der Waals surface area contributed by atoms with Gasteiger partial charge in [-0.25, -0.2) is 4.79 Å². The van der Waals surface area contributed by atoms with Gasteiger partial charge < -0.3 is 15.5 Å². The Morgan fingerprint density at radius 2 is 1.60 bits per heavy atom. The van der Waals surface area contributed by atoms with Gasteiger partial charge in [-0.1, -0.05) is 90.5 Å². The number of hydrogen-bond acceptors (Lipinski definition) is 4. The van der Waals surface area contributed by atoms with Gasteiger partial charge in [-0.05, 0) is 41.7 Å². The van der Waals surface area contributed by atoms with Crippen LogP contribution < -0.4 is 10.6 Å². The second-order valence-electron chi connectivity index (χ2n) is 11.9. The lowest BCUT2D eigenvalue weighted by Crippen LogP contribution is -2.53. The van der Waals surface area contributed by atoms with Crippen molar-refractivity contribution >= 4 is 29.4 Å². The van der Waals surface area contributed by atoms with E-state index in [9.17, 15) is 14.4 Å². The number of piperidine rings is 1. The number of carbonyl (C=O) groups is 3. The molecule has 0 saturated carbocycles. The van der Waals surface area contributed by atoms with Crippen LogP contribution >= 0.6 is 11.6 Å². The molecule has 0 bridgehead atoms. The van der Waals surface area contributed by atoms with Crippen molar-refractivity contribution in [2.24, 2.45) is 0 Å². The molecule has 0 radical (unpaired) electrons. The van der Waals surface area contributed by atoms with Crippen molar-refractivity contribution < 1.29 is 14.4 Å². The molecule has 3 heterocycles. The van der Waals surface area contributed by atoms with Gasteiger partial charge >= 0.3 is 6.03 Å². The fraction of sp³-hybridized carbons (Fsp3) is 0.306. The Labute approximate surface area is 269 Å². The summed E-state index contributed by atoms with van der Waals surface area (Å²) >= 11 is 6.14. The van der Waals surface area contributed by atoms with Gasteiger partial charge in [-0.2, -0.15) is 0 Å². The van der Waals surface area contributed by atoms with Crippen molar-refractivity contribution in [2.75, 3.05) is 26.2 Å². The third-order valence-electron chi connectivity index (χ3n) is 8.90. The Hall–Kier alpha value is -4.40. The normalized spacial score (nSPS) is 19.7. The van der Waals surface area contributed by atoms with E-state index in [1.807, 2.05) is 48.5 Å². The first-order valence-corrected chi connectivity index (χ1v) is 15.9. The number of halogens is 1. The van der Waals surface area contributed by atoms with Crippen molar-refractivity contribution in [3.05, 3.63) is 131 Å². The third-order valence-corrected chi connectivity index (χ3v) is 9.15. The topological polar surface area (TPSA) is 85.0 Å². The van der Waals surface area contributed by atoms with Crippen LogP contribution in [0.25, 0.3) is 0 Å². The molecule has 45 heavy (non-hydrogen) atoms. The second kappa shape index (κ2) is 13.7. The molecule has 2 atom stereocenters. The van der Waals surface area contributed by atoms with E-state index in [4.69, 9.17) is 11.6 Å². The van der Waals surface area contributed by atoms with Gasteiger partial charge in [0.05, 0.1) is 23.9 Å². The Morgan fingerprint density at radius 1 is 0.956 bits per heavy atom. The summed E-state index contributed by atoms with van der Waals surface area (Å²) in [5, 5.41) is 6.85. The molecule has 0 spiro atoms. The first-order chi connectivity index (χ1) is 21.9. The lowest BCUT2D eigenvalue weighted by atomic mass is 9.95. The predicted molar refractivity (Wildman–Crippen MR) is 175 cm³/mol. The van der Waals surface area contributed by atoms with Crippen molar-refractivity contribution in [3.63, 3.8) is 0 Å². The molecule has 3 aliphatic rings. The largest absolute Gasteiger partial charge is 0.351 e. The Kier molecular flexibility index (Phi) is 9.33. The molecule has 3 aromatic rings. The minimum Gasteiger partial charge on any atom is -0.351 e. The highest BCUT2D eigenvalue weighted by Gasteiger charge is 2.47. The molecule has 3 aliphatic heterocycles. The average molecular weight is 624 g/mol. The SMILES string of the molecule is C=CCN1C(=O)NC(c2ccc(Cl)cc2)C2=C1CN(C(Cc1ccccc1)C(=O)NC1CCN(Cc3ccccc3)CC1)C2=O. The van der Waals surface area contributed by atoms with Crippen LogP contribution in [-0.2, 0) is 22.6 Å². The highest BCUT2D eigenvalue weighted by Crippen LogP contribution is 2.38. The molecule has 9 heteroatoms. The Morgan fingerprint density at radius 3 is 2.24 bits per heavy atom. The molecule has 8 nitrogen and oxygen atoms in total. The van der Waals surface area contributed by atoms with Crippen LogP contribution in [0.15, 0.2) is 109 Å². The van der Waals surface area contributed by atoms with Crippen molar-refractivity contribution in [1.82, 2.24) is 25.3 Å². The number of nitrogens with zero attached hydrogens (tertiary/aromatic N) is 3. The smallest absolute Gasteiger partial charge is 0.322 e. The van der Waals surface area contributed by atoms with Gasteiger partial charge in [0.2, 0.25) is 5.91 Å². The fourth-order valence-electron chi connectivity index (χ4n) is 6.55. The summed E-state index contributed by atoms with van der Waals surface area (Å²) in [4.78, 5) is 47.3. The van der Waals surface area contributed by atoms with Gasteiger partial charge in [0, 0.05) is 43.7 Å². The summed E-state index contributed by atoms with van der Waals surface area (Å²) in [5.41, 5.74) is 4.06. The van der Waals surface area contributed by atoms with E-state index in [1.165, 1.54) is 5.56 Å². The minimum atomic E-state index is -0.751. The number of benzene rings is 3. The summed E-state index contributed by atoms with van der Waals surface area (Å²) in [6.45, 7) is 6.87. The molecule has 4 amide bonds. The summed E-state index contributed by atoms with van der Waals surface area (Å²) in [6.07, 6.45) is 3.67. The molecule has 0 aliphatic carbocycles. The molecule has 1 fully saturated rings. The first kappa shape index (κ1) is 30.6. The van der Waals surface area contributed by atoms with Gasteiger partial charge in [-0.15, -0.1) is 6.58 Å². The summed E-state index contributed by atoms with van der Waals surface area (Å²) in [7, 11) is 0. The molecule has 232 valence electrons. The van der Waals surface area contributed by atoms with E-state index < -0.39 is 12.1 Å². The van der Waals surface area contributed by atoms with E-state index >= 15 is 0 Å². The van der Waals surface area contributed by atoms with Crippen LogP contribution in [-0.4, -0.2) is 70.8 Å². The number of urea groups is 1. The van der Waals surface area contributed by atoms with Crippen LogP contribution in [0.3, 0.4) is 0 Å². The van der Waals surface area contributed by atoms with Crippen LogP contribution in [0.5, 0.6) is 0 Å². The van der Waals surface area contributed by atoms with E-state index in [0.29, 0.717) is 22.7 Å². The van der Waals surface area contributed by atoms with Crippen molar-refractivity contribution in [3.8, 4) is 0 Å². The van der Waals surface area contributed by atoms with Crippen LogP contribution in [0.2, 0.25) is 5.02 Å². The average Bonchev–Trinajstić information content (AvgIpc) is 3.39. The number of likely N-dealkylation sites (tertiary alicyclic amines) is 1. The first-order valence-electron chi connectivity index (χ1n) is 15.5. The monoisotopic (exact) mass is 623 g/mol. The molecular weight excluding hydrogens is 586 g/mol. The quantitative estimate of drug-likeness (QED) is 0.309. The molecular formula is C36H38ClN5O3. The third kappa shape index (κ3) is 6.82. The second-order valence-corrected chi connectivity index (χ2v) is 12.3. The highest BCUT2D eigenvalue weighted by atomic mass is 35.5. The summed E-state index contributed by atoms with van der Waals surface area (Å²) < 4.78 is 0. The van der Waals surface area contributed by atoms with Gasteiger partial charge in [0.1, 0.15) is 6.04 Å². The number of hydrogen-bond donors (Lipinski definition) is 2. The lowest BCUT2D eigenvalue weighted by molar-refractivity contribution is -0.137. The molecule has 2 unspecified atom stereocenters. The Balaban J connectivity index is 1.23. The molecule has 1 saturated heterocycles. The molecule has 3 aromatic carbocycles. The molecule has 2 N–H and O–H groups in total.